The summed E-state index contributed by atoms with van der Waals surface area (Å²) < 4.78 is 0. The number of aromatic nitrogens is 1. The molecule has 1 aromatic rings. The van der Waals surface area contributed by atoms with Gasteiger partial charge in [-0.2, -0.15) is 0 Å². The lowest BCUT2D eigenvalue weighted by Crippen LogP contribution is -2.42. The van der Waals surface area contributed by atoms with Crippen LogP contribution < -0.4 is 5.32 Å². The second kappa shape index (κ2) is 7.24. The highest BCUT2D eigenvalue weighted by atomic mass is 16.1. The lowest BCUT2D eigenvalue weighted by Gasteiger charge is -2.31. The quantitative estimate of drug-likeness (QED) is 0.879. The van der Waals surface area contributed by atoms with Gasteiger partial charge >= 0.3 is 0 Å². The van der Waals surface area contributed by atoms with Crippen LogP contribution >= 0.6 is 0 Å². The molecular weight excluding hydrogens is 238 g/mol. The molecule has 0 bridgehead atoms. The number of nitrogens with zero attached hydrogens (tertiary/aromatic N) is 2. The summed E-state index contributed by atoms with van der Waals surface area (Å²) in [7, 11) is 0. The number of nitrogens with one attached hydrogen (secondary N) is 1. The molecule has 0 aromatic carbocycles. The van der Waals surface area contributed by atoms with E-state index in [-0.39, 0.29) is 11.8 Å². The number of pyridine rings is 1. The number of hydrogen-bond donors (Lipinski definition) is 1. The van der Waals surface area contributed by atoms with Gasteiger partial charge in [0.25, 0.3) is 0 Å². The van der Waals surface area contributed by atoms with E-state index in [1.807, 2.05) is 12.3 Å². The van der Waals surface area contributed by atoms with Crippen LogP contribution in [0.3, 0.4) is 0 Å². The van der Waals surface area contributed by atoms with Gasteiger partial charge in [-0.1, -0.05) is 13.0 Å². The van der Waals surface area contributed by atoms with Crippen molar-refractivity contribution in [3.05, 3.63) is 30.1 Å². The number of carbonyl (C=O) groups excluding carboxylic acids is 1. The van der Waals surface area contributed by atoms with Gasteiger partial charge in [-0.25, -0.2) is 0 Å². The largest absolute Gasteiger partial charge is 0.356 e. The normalized spacial score (nSPS) is 20.2. The maximum atomic E-state index is 12.0. The standard InChI is InChI=1S/C15H23N3O/c1-2-7-17-15(19)14-6-4-9-18(12-14)11-13-5-3-8-16-10-13/h3,5,8,10,14H,2,4,6-7,9,11-12H2,1H3,(H,17,19). The maximum absolute atomic E-state index is 12.0. The van der Waals surface area contributed by atoms with Gasteiger partial charge in [0.15, 0.2) is 0 Å². The van der Waals surface area contributed by atoms with E-state index in [1.165, 1.54) is 5.56 Å². The molecule has 19 heavy (non-hydrogen) atoms. The van der Waals surface area contributed by atoms with Gasteiger partial charge < -0.3 is 5.32 Å². The molecule has 4 heteroatoms. The predicted octanol–water partition coefficient (Wildman–Crippen LogP) is 1.82. The first-order chi connectivity index (χ1) is 9.29. The van der Waals surface area contributed by atoms with E-state index >= 15 is 0 Å². The van der Waals surface area contributed by atoms with E-state index in [1.54, 1.807) is 6.20 Å². The molecule has 1 N–H and O–H groups in total. The third kappa shape index (κ3) is 4.31. The Bertz CT molecular complexity index is 394. The SMILES string of the molecule is CCCNC(=O)C1CCCN(Cc2cccnc2)C1. The molecule has 104 valence electrons. The molecule has 1 unspecified atom stereocenters. The van der Waals surface area contributed by atoms with Crippen LogP contribution in [-0.4, -0.2) is 35.4 Å². The van der Waals surface area contributed by atoms with Crippen LogP contribution in [0.5, 0.6) is 0 Å². The molecule has 1 atom stereocenters. The average Bonchev–Trinajstić information content (AvgIpc) is 2.46. The third-order valence-electron chi connectivity index (χ3n) is 3.55. The van der Waals surface area contributed by atoms with E-state index in [0.717, 1.165) is 45.4 Å². The van der Waals surface area contributed by atoms with Gasteiger partial charge in [0, 0.05) is 32.0 Å². The first kappa shape index (κ1) is 14.0. The Kier molecular flexibility index (Phi) is 5.33. The van der Waals surface area contributed by atoms with Gasteiger partial charge in [0.05, 0.1) is 5.92 Å². The molecule has 0 spiro atoms. The van der Waals surface area contributed by atoms with Crippen LogP contribution in [0, 0.1) is 5.92 Å². The minimum atomic E-state index is 0.150. The Hall–Kier alpha value is -1.42. The Morgan fingerprint density at radius 2 is 2.47 bits per heavy atom. The minimum Gasteiger partial charge on any atom is -0.356 e. The number of rotatable bonds is 5. The Balaban J connectivity index is 1.85. The molecule has 2 rings (SSSR count). The van der Waals surface area contributed by atoms with Crippen molar-refractivity contribution in [2.45, 2.75) is 32.7 Å². The van der Waals surface area contributed by atoms with Crippen LogP contribution in [0.2, 0.25) is 0 Å². The van der Waals surface area contributed by atoms with Crippen molar-refractivity contribution in [3.8, 4) is 0 Å². The fourth-order valence-corrected chi connectivity index (χ4v) is 2.56. The molecule has 1 fully saturated rings. The summed E-state index contributed by atoms with van der Waals surface area (Å²) in [6.45, 7) is 5.70. The first-order valence-corrected chi connectivity index (χ1v) is 7.18. The number of likely N-dealkylation sites (tertiary alicyclic amines) is 1. The average molecular weight is 261 g/mol. The summed E-state index contributed by atoms with van der Waals surface area (Å²) in [5, 5.41) is 3.01. The molecule has 0 radical (unpaired) electrons. The van der Waals surface area contributed by atoms with Crippen LogP contribution in [0.15, 0.2) is 24.5 Å². The van der Waals surface area contributed by atoms with Gasteiger partial charge in [-0.3, -0.25) is 14.7 Å². The van der Waals surface area contributed by atoms with Crippen LogP contribution in [-0.2, 0) is 11.3 Å². The van der Waals surface area contributed by atoms with E-state index in [0.29, 0.717) is 0 Å². The molecule has 0 saturated carbocycles. The Labute approximate surface area is 115 Å². The number of piperidine rings is 1. The lowest BCUT2D eigenvalue weighted by molar-refractivity contribution is -0.126. The van der Waals surface area contributed by atoms with E-state index < -0.39 is 0 Å². The van der Waals surface area contributed by atoms with Crippen LogP contribution in [0.25, 0.3) is 0 Å². The van der Waals surface area contributed by atoms with Crippen LogP contribution in [0.4, 0.5) is 0 Å². The van der Waals surface area contributed by atoms with Crippen molar-refractivity contribution in [1.82, 2.24) is 15.2 Å². The van der Waals surface area contributed by atoms with E-state index in [4.69, 9.17) is 0 Å². The van der Waals surface area contributed by atoms with Gasteiger partial charge in [0.1, 0.15) is 0 Å². The fourth-order valence-electron chi connectivity index (χ4n) is 2.56. The highest BCUT2D eigenvalue weighted by Gasteiger charge is 2.25. The number of carbonyl (C=O) groups is 1. The second-order valence-corrected chi connectivity index (χ2v) is 5.23. The predicted molar refractivity (Wildman–Crippen MR) is 75.5 cm³/mol. The number of hydrogen-bond acceptors (Lipinski definition) is 3. The smallest absolute Gasteiger partial charge is 0.224 e. The molecule has 4 nitrogen and oxygen atoms in total. The second-order valence-electron chi connectivity index (χ2n) is 5.23. The van der Waals surface area contributed by atoms with Crippen molar-refractivity contribution >= 4 is 5.91 Å². The Morgan fingerprint density at radius 1 is 1.58 bits per heavy atom. The minimum absolute atomic E-state index is 0.150. The topological polar surface area (TPSA) is 45.2 Å². The van der Waals surface area contributed by atoms with E-state index in [9.17, 15) is 4.79 Å². The van der Waals surface area contributed by atoms with Gasteiger partial charge in [-0.15, -0.1) is 0 Å². The zero-order valence-corrected chi connectivity index (χ0v) is 11.6. The molecule has 1 aliphatic rings. The van der Waals surface area contributed by atoms with Crippen molar-refractivity contribution in [3.63, 3.8) is 0 Å². The van der Waals surface area contributed by atoms with Crippen molar-refractivity contribution in [2.24, 2.45) is 5.92 Å². The number of amides is 1. The molecule has 0 aliphatic carbocycles. The van der Waals surface area contributed by atoms with E-state index in [2.05, 4.69) is 28.2 Å². The summed E-state index contributed by atoms with van der Waals surface area (Å²) in [5.41, 5.74) is 1.22. The monoisotopic (exact) mass is 261 g/mol. The summed E-state index contributed by atoms with van der Waals surface area (Å²) in [4.78, 5) is 18.5. The lowest BCUT2D eigenvalue weighted by atomic mass is 9.96. The molecule has 1 aromatic heterocycles. The maximum Gasteiger partial charge on any atom is 0.224 e. The van der Waals surface area contributed by atoms with Gasteiger partial charge in [-0.05, 0) is 37.4 Å². The summed E-state index contributed by atoms with van der Waals surface area (Å²) >= 11 is 0. The molecule has 1 aliphatic heterocycles. The highest BCUT2D eigenvalue weighted by Crippen LogP contribution is 2.18. The molecule has 1 amide bonds. The first-order valence-electron chi connectivity index (χ1n) is 7.18. The third-order valence-corrected chi connectivity index (χ3v) is 3.55. The Morgan fingerprint density at radius 3 is 3.21 bits per heavy atom. The van der Waals surface area contributed by atoms with Crippen molar-refractivity contribution < 1.29 is 4.79 Å². The zero-order chi connectivity index (χ0) is 13.5. The fraction of sp³-hybridized carbons (Fsp3) is 0.600. The molecular formula is C15H23N3O. The van der Waals surface area contributed by atoms with Crippen molar-refractivity contribution in [2.75, 3.05) is 19.6 Å². The highest BCUT2D eigenvalue weighted by molar-refractivity contribution is 5.78. The van der Waals surface area contributed by atoms with Crippen LogP contribution in [0.1, 0.15) is 31.7 Å². The summed E-state index contributed by atoms with van der Waals surface area (Å²) in [6.07, 6.45) is 6.81. The van der Waals surface area contributed by atoms with Gasteiger partial charge in [0.2, 0.25) is 5.91 Å². The summed E-state index contributed by atoms with van der Waals surface area (Å²) in [6, 6.07) is 4.05. The zero-order valence-electron chi connectivity index (χ0n) is 11.6. The van der Waals surface area contributed by atoms with Crippen molar-refractivity contribution in [1.29, 1.82) is 0 Å². The molecule has 2 heterocycles. The summed E-state index contributed by atoms with van der Waals surface area (Å²) in [5.74, 6) is 0.370. The molecule has 1 saturated heterocycles.